The molecule has 3 heteroatoms. The second-order valence-corrected chi connectivity index (χ2v) is 4.41. The van der Waals surface area contributed by atoms with Gasteiger partial charge >= 0.3 is 5.97 Å². The largest absolute Gasteiger partial charge is 0.481 e. The molecular formula is C11H22O3. The zero-order valence-electron chi connectivity index (χ0n) is 9.58. The van der Waals surface area contributed by atoms with Crippen molar-refractivity contribution in [2.75, 3.05) is 0 Å². The Balaban J connectivity index is 4.55. The lowest BCUT2D eigenvalue weighted by Gasteiger charge is -2.33. The van der Waals surface area contributed by atoms with E-state index in [0.717, 1.165) is 12.8 Å². The van der Waals surface area contributed by atoms with Crippen LogP contribution in [0.1, 0.15) is 47.0 Å². The van der Waals surface area contributed by atoms with Crippen LogP contribution in [0.3, 0.4) is 0 Å². The number of aliphatic carboxylic acids is 1. The number of aliphatic hydroxyl groups is 1. The Kier molecular flexibility index (Phi) is 5.13. The van der Waals surface area contributed by atoms with Crippen molar-refractivity contribution in [3.63, 3.8) is 0 Å². The molecule has 2 atom stereocenters. The summed E-state index contributed by atoms with van der Waals surface area (Å²) >= 11 is 0. The van der Waals surface area contributed by atoms with Crippen LogP contribution in [-0.2, 0) is 4.79 Å². The number of rotatable bonds is 6. The molecule has 0 aromatic carbocycles. The molecule has 0 aliphatic rings. The van der Waals surface area contributed by atoms with Crippen molar-refractivity contribution in [2.45, 2.75) is 52.6 Å². The van der Waals surface area contributed by atoms with Crippen LogP contribution in [0.5, 0.6) is 0 Å². The predicted octanol–water partition coefficient (Wildman–Crippen LogP) is 2.28. The van der Waals surface area contributed by atoms with E-state index < -0.39 is 17.5 Å². The van der Waals surface area contributed by atoms with E-state index in [1.165, 1.54) is 0 Å². The highest BCUT2D eigenvalue weighted by Crippen LogP contribution is 2.29. The molecule has 0 bridgehead atoms. The van der Waals surface area contributed by atoms with E-state index in [4.69, 9.17) is 5.11 Å². The molecular weight excluding hydrogens is 180 g/mol. The molecule has 14 heavy (non-hydrogen) atoms. The minimum Gasteiger partial charge on any atom is -0.481 e. The third-order valence-electron chi connectivity index (χ3n) is 3.02. The van der Waals surface area contributed by atoms with Crippen molar-refractivity contribution >= 4 is 5.97 Å². The highest BCUT2D eigenvalue weighted by Gasteiger charge is 2.39. The number of carboxylic acids is 1. The van der Waals surface area contributed by atoms with Crippen LogP contribution in [0.25, 0.3) is 0 Å². The van der Waals surface area contributed by atoms with Gasteiger partial charge in [0.05, 0.1) is 11.5 Å². The molecule has 84 valence electrons. The molecule has 0 aliphatic carbocycles. The first-order valence-corrected chi connectivity index (χ1v) is 5.29. The highest BCUT2D eigenvalue weighted by atomic mass is 16.4. The van der Waals surface area contributed by atoms with Gasteiger partial charge in [0.25, 0.3) is 0 Å². The summed E-state index contributed by atoms with van der Waals surface area (Å²) in [4.78, 5) is 11.0. The lowest BCUT2D eigenvalue weighted by molar-refractivity contribution is -0.155. The third kappa shape index (κ3) is 3.29. The third-order valence-corrected chi connectivity index (χ3v) is 3.02. The number of carbonyl (C=O) groups is 1. The molecule has 0 aromatic heterocycles. The lowest BCUT2D eigenvalue weighted by atomic mass is 9.77. The summed E-state index contributed by atoms with van der Waals surface area (Å²) in [6, 6.07) is 0. The van der Waals surface area contributed by atoms with Crippen molar-refractivity contribution in [1.29, 1.82) is 0 Å². The second-order valence-electron chi connectivity index (χ2n) is 4.41. The van der Waals surface area contributed by atoms with Gasteiger partial charge in [-0.2, -0.15) is 0 Å². The van der Waals surface area contributed by atoms with Gasteiger partial charge in [-0.25, -0.2) is 0 Å². The van der Waals surface area contributed by atoms with Gasteiger partial charge in [0, 0.05) is 0 Å². The smallest absolute Gasteiger partial charge is 0.309 e. The van der Waals surface area contributed by atoms with Crippen LogP contribution in [0.4, 0.5) is 0 Å². The molecule has 0 saturated carbocycles. The Morgan fingerprint density at radius 1 is 1.43 bits per heavy atom. The monoisotopic (exact) mass is 202 g/mol. The number of hydrogen-bond acceptors (Lipinski definition) is 2. The molecule has 2 N–H and O–H groups in total. The van der Waals surface area contributed by atoms with Gasteiger partial charge in [0.2, 0.25) is 0 Å². The normalized spacial score (nSPS) is 17.9. The summed E-state index contributed by atoms with van der Waals surface area (Å²) in [5.41, 5.74) is -1.11. The van der Waals surface area contributed by atoms with Gasteiger partial charge in [-0.15, -0.1) is 0 Å². The zero-order chi connectivity index (χ0) is 11.4. The average Bonchev–Trinajstić information content (AvgIpc) is 2.03. The van der Waals surface area contributed by atoms with Crippen LogP contribution in [0.15, 0.2) is 0 Å². The highest BCUT2D eigenvalue weighted by molar-refractivity contribution is 5.71. The Hall–Kier alpha value is -0.570. The van der Waals surface area contributed by atoms with E-state index in [2.05, 4.69) is 0 Å². The standard InChI is InChI=1S/C11H22O3/c1-5-6-7-9(10(12)13)11(4,14)8(2)3/h8-9,14H,5-7H2,1-4H3,(H,12,13). The second kappa shape index (κ2) is 5.35. The summed E-state index contributed by atoms with van der Waals surface area (Å²) in [5, 5.41) is 19.1. The van der Waals surface area contributed by atoms with Crippen LogP contribution >= 0.6 is 0 Å². The summed E-state index contributed by atoms with van der Waals surface area (Å²) in [6.45, 7) is 7.33. The fraction of sp³-hybridized carbons (Fsp3) is 0.909. The number of hydrogen-bond donors (Lipinski definition) is 2. The summed E-state index contributed by atoms with van der Waals surface area (Å²) < 4.78 is 0. The van der Waals surface area contributed by atoms with Crippen molar-refractivity contribution in [1.82, 2.24) is 0 Å². The molecule has 0 amide bonds. The van der Waals surface area contributed by atoms with Gasteiger partial charge in [0.1, 0.15) is 0 Å². The first-order chi connectivity index (χ1) is 6.34. The van der Waals surface area contributed by atoms with Gasteiger partial charge < -0.3 is 10.2 Å². The van der Waals surface area contributed by atoms with E-state index in [1.54, 1.807) is 6.92 Å². The Labute approximate surface area is 86.1 Å². The molecule has 2 unspecified atom stereocenters. The lowest BCUT2D eigenvalue weighted by Crippen LogP contribution is -2.44. The first-order valence-electron chi connectivity index (χ1n) is 5.29. The molecule has 0 radical (unpaired) electrons. The summed E-state index contributed by atoms with van der Waals surface area (Å²) in [7, 11) is 0. The molecule has 0 saturated heterocycles. The molecule has 0 aliphatic heterocycles. The van der Waals surface area contributed by atoms with Crippen LogP contribution in [0.2, 0.25) is 0 Å². The van der Waals surface area contributed by atoms with E-state index >= 15 is 0 Å². The van der Waals surface area contributed by atoms with Crippen molar-refractivity contribution in [3.05, 3.63) is 0 Å². The minimum atomic E-state index is -1.11. The van der Waals surface area contributed by atoms with Crippen molar-refractivity contribution in [3.8, 4) is 0 Å². The average molecular weight is 202 g/mol. The zero-order valence-corrected chi connectivity index (χ0v) is 9.58. The van der Waals surface area contributed by atoms with Gasteiger partial charge in [-0.3, -0.25) is 4.79 Å². The van der Waals surface area contributed by atoms with E-state index in [1.807, 2.05) is 20.8 Å². The predicted molar refractivity (Wildman–Crippen MR) is 56.1 cm³/mol. The molecule has 3 nitrogen and oxygen atoms in total. The van der Waals surface area contributed by atoms with Gasteiger partial charge in [0.15, 0.2) is 0 Å². The molecule has 0 rings (SSSR count). The van der Waals surface area contributed by atoms with E-state index in [-0.39, 0.29) is 5.92 Å². The van der Waals surface area contributed by atoms with Crippen LogP contribution in [-0.4, -0.2) is 21.8 Å². The molecule has 0 spiro atoms. The maximum absolute atomic E-state index is 11.0. The summed E-state index contributed by atoms with van der Waals surface area (Å²) in [5.74, 6) is -1.58. The topological polar surface area (TPSA) is 57.5 Å². The van der Waals surface area contributed by atoms with Crippen LogP contribution in [0, 0.1) is 11.8 Å². The Bertz CT molecular complexity index is 185. The van der Waals surface area contributed by atoms with Crippen LogP contribution < -0.4 is 0 Å². The fourth-order valence-electron chi connectivity index (χ4n) is 1.48. The molecule has 0 aromatic rings. The molecule has 0 fully saturated rings. The fourth-order valence-corrected chi connectivity index (χ4v) is 1.48. The van der Waals surface area contributed by atoms with E-state index in [0.29, 0.717) is 6.42 Å². The first kappa shape index (κ1) is 13.4. The molecule has 0 heterocycles. The summed E-state index contributed by atoms with van der Waals surface area (Å²) in [6.07, 6.45) is 2.36. The van der Waals surface area contributed by atoms with E-state index in [9.17, 15) is 9.90 Å². The number of carboxylic acid groups (broad SMARTS) is 1. The van der Waals surface area contributed by atoms with Gasteiger partial charge in [-0.05, 0) is 19.3 Å². The Morgan fingerprint density at radius 2 is 1.93 bits per heavy atom. The maximum Gasteiger partial charge on any atom is 0.309 e. The van der Waals surface area contributed by atoms with Crippen molar-refractivity contribution in [2.24, 2.45) is 11.8 Å². The SMILES string of the molecule is CCCCC(C(=O)O)C(C)(O)C(C)C. The quantitative estimate of drug-likeness (QED) is 0.694. The number of unbranched alkanes of at least 4 members (excludes halogenated alkanes) is 1. The minimum absolute atomic E-state index is 0.0412. The van der Waals surface area contributed by atoms with Gasteiger partial charge in [-0.1, -0.05) is 33.6 Å². The van der Waals surface area contributed by atoms with Crippen molar-refractivity contribution < 1.29 is 15.0 Å². The Morgan fingerprint density at radius 3 is 2.21 bits per heavy atom. The maximum atomic E-state index is 11.0.